The summed E-state index contributed by atoms with van der Waals surface area (Å²) in [6, 6.07) is 0.386. The molecule has 0 spiro atoms. The van der Waals surface area contributed by atoms with Gasteiger partial charge in [0.1, 0.15) is 6.33 Å². The van der Waals surface area contributed by atoms with Crippen LogP contribution in [0, 0.1) is 5.41 Å². The van der Waals surface area contributed by atoms with Crippen LogP contribution >= 0.6 is 0 Å². The maximum absolute atomic E-state index is 5.78. The van der Waals surface area contributed by atoms with Gasteiger partial charge >= 0.3 is 0 Å². The molecule has 1 fully saturated rings. The van der Waals surface area contributed by atoms with Crippen molar-refractivity contribution in [1.82, 2.24) is 25.0 Å². The fraction of sp³-hybridized carbons (Fsp3) is 0.667. The molecular formula is C12H18N6. The van der Waals surface area contributed by atoms with Gasteiger partial charge in [-0.3, -0.25) is 0 Å². The van der Waals surface area contributed by atoms with Crippen LogP contribution < -0.4 is 5.73 Å². The lowest BCUT2D eigenvalue weighted by atomic mass is 9.75. The minimum absolute atomic E-state index is 0.386. The van der Waals surface area contributed by atoms with E-state index < -0.39 is 0 Å². The summed E-state index contributed by atoms with van der Waals surface area (Å²) >= 11 is 0. The van der Waals surface area contributed by atoms with Crippen LogP contribution in [0.25, 0.3) is 11.2 Å². The Morgan fingerprint density at radius 2 is 2.00 bits per heavy atom. The zero-order valence-electron chi connectivity index (χ0n) is 10.8. The third-order valence-electron chi connectivity index (χ3n) is 3.94. The largest absolute Gasteiger partial charge is 0.382 e. The number of rotatable bonds is 1. The first-order valence-corrected chi connectivity index (χ1v) is 6.38. The van der Waals surface area contributed by atoms with Gasteiger partial charge in [-0.15, -0.1) is 5.10 Å². The monoisotopic (exact) mass is 246 g/mol. The second-order valence-electron chi connectivity index (χ2n) is 5.86. The number of anilines is 1. The van der Waals surface area contributed by atoms with Crippen molar-refractivity contribution in [2.75, 3.05) is 5.73 Å². The van der Waals surface area contributed by atoms with E-state index in [2.05, 4.69) is 34.1 Å². The van der Waals surface area contributed by atoms with Crippen molar-refractivity contribution < 1.29 is 0 Å². The highest BCUT2D eigenvalue weighted by molar-refractivity contribution is 5.80. The Morgan fingerprint density at radius 3 is 2.72 bits per heavy atom. The molecule has 0 saturated heterocycles. The predicted molar refractivity (Wildman–Crippen MR) is 68.8 cm³/mol. The molecule has 1 aliphatic rings. The van der Waals surface area contributed by atoms with Gasteiger partial charge in [0.05, 0.1) is 6.04 Å². The van der Waals surface area contributed by atoms with Crippen LogP contribution in [0.5, 0.6) is 0 Å². The molecule has 2 heterocycles. The quantitative estimate of drug-likeness (QED) is 0.831. The lowest BCUT2D eigenvalue weighted by Crippen LogP contribution is -2.24. The number of fused-ring (bicyclic) bond motifs is 1. The number of hydrogen-bond donors (Lipinski definition) is 1. The van der Waals surface area contributed by atoms with Crippen molar-refractivity contribution in [3.05, 3.63) is 6.33 Å². The Bertz CT molecular complexity index is 563. The first-order chi connectivity index (χ1) is 8.57. The summed E-state index contributed by atoms with van der Waals surface area (Å²) in [5.41, 5.74) is 7.59. The lowest BCUT2D eigenvalue weighted by Gasteiger charge is -2.34. The van der Waals surface area contributed by atoms with Gasteiger partial charge in [-0.1, -0.05) is 19.1 Å². The second kappa shape index (κ2) is 3.90. The van der Waals surface area contributed by atoms with Crippen molar-refractivity contribution in [3.63, 3.8) is 0 Å². The summed E-state index contributed by atoms with van der Waals surface area (Å²) in [5, 5.41) is 8.30. The molecule has 0 radical (unpaired) electrons. The Kier molecular flexibility index (Phi) is 2.46. The molecule has 6 heteroatoms. The van der Waals surface area contributed by atoms with Crippen LogP contribution in [0.2, 0.25) is 0 Å². The average molecular weight is 246 g/mol. The molecule has 0 bridgehead atoms. The van der Waals surface area contributed by atoms with Gasteiger partial charge in [0.15, 0.2) is 17.0 Å². The van der Waals surface area contributed by atoms with E-state index in [1.165, 1.54) is 19.2 Å². The average Bonchev–Trinajstić information content (AvgIpc) is 2.74. The minimum atomic E-state index is 0.386. The first-order valence-electron chi connectivity index (χ1n) is 6.38. The molecule has 0 aliphatic heterocycles. The van der Waals surface area contributed by atoms with Crippen LogP contribution in [0.3, 0.4) is 0 Å². The van der Waals surface area contributed by atoms with E-state index in [0.717, 1.165) is 18.5 Å². The van der Waals surface area contributed by atoms with Crippen molar-refractivity contribution >= 4 is 17.0 Å². The Hall–Kier alpha value is -1.72. The summed E-state index contributed by atoms with van der Waals surface area (Å²) in [4.78, 5) is 8.20. The third-order valence-corrected chi connectivity index (χ3v) is 3.94. The zero-order valence-corrected chi connectivity index (χ0v) is 10.8. The number of nitrogens with zero attached hydrogens (tertiary/aromatic N) is 5. The number of aromatic nitrogens is 5. The van der Waals surface area contributed by atoms with Gasteiger partial charge < -0.3 is 5.73 Å². The number of nitrogens with two attached hydrogens (primary N) is 1. The Labute approximate surface area is 106 Å². The fourth-order valence-electron chi connectivity index (χ4n) is 2.66. The summed E-state index contributed by atoms with van der Waals surface area (Å²) in [6.45, 7) is 4.64. The van der Waals surface area contributed by atoms with E-state index >= 15 is 0 Å². The normalized spacial score (nSPS) is 20.3. The molecule has 18 heavy (non-hydrogen) atoms. The first kappa shape index (κ1) is 11.4. The van der Waals surface area contributed by atoms with Crippen molar-refractivity contribution in [2.24, 2.45) is 5.41 Å². The molecule has 3 rings (SSSR count). The molecule has 0 atom stereocenters. The summed E-state index contributed by atoms with van der Waals surface area (Å²) in [7, 11) is 0. The van der Waals surface area contributed by atoms with Crippen molar-refractivity contribution in [1.29, 1.82) is 0 Å². The SMILES string of the molecule is CC1(C)CCC(n2nnc3c(N)ncnc32)CC1. The maximum Gasteiger partial charge on any atom is 0.184 e. The Balaban J connectivity index is 1.94. The van der Waals surface area contributed by atoms with Crippen LogP contribution in [0.4, 0.5) is 5.82 Å². The molecule has 0 unspecified atom stereocenters. The maximum atomic E-state index is 5.78. The summed E-state index contributed by atoms with van der Waals surface area (Å²) in [6.07, 6.45) is 6.13. The molecule has 2 aromatic rings. The van der Waals surface area contributed by atoms with Crippen LogP contribution in [0.15, 0.2) is 6.33 Å². The minimum Gasteiger partial charge on any atom is -0.382 e. The number of hydrogen-bond acceptors (Lipinski definition) is 5. The molecular weight excluding hydrogens is 228 g/mol. The van der Waals surface area contributed by atoms with Crippen LogP contribution in [0.1, 0.15) is 45.6 Å². The molecule has 0 aromatic carbocycles. The summed E-state index contributed by atoms with van der Waals surface area (Å²) in [5.74, 6) is 0.405. The molecule has 1 aliphatic carbocycles. The molecule has 96 valence electrons. The van der Waals surface area contributed by atoms with E-state index in [1.807, 2.05) is 4.68 Å². The molecule has 0 amide bonds. The molecule has 2 aromatic heterocycles. The van der Waals surface area contributed by atoms with E-state index in [1.54, 1.807) is 0 Å². The van der Waals surface area contributed by atoms with Crippen molar-refractivity contribution in [2.45, 2.75) is 45.6 Å². The van der Waals surface area contributed by atoms with Crippen LogP contribution in [-0.4, -0.2) is 25.0 Å². The van der Waals surface area contributed by atoms with E-state index in [0.29, 0.717) is 22.8 Å². The molecule has 6 nitrogen and oxygen atoms in total. The molecule has 1 saturated carbocycles. The summed E-state index contributed by atoms with van der Waals surface area (Å²) < 4.78 is 1.92. The van der Waals surface area contributed by atoms with Gasteiger partial charge in [0.2, 0.25) is 0 Å². The highest BCUT2D eigenvalue weighted by atomic mass is 15.5. The predicted octanol–water partition coefficient (Wildman–Crippen LogP) is 1.94. The van der Waals surface area contributed by atoms with E-state index in [-0.39, 0.29) is 0 Å². The molecule has 2 N–H and O–H groups in total. The van der Waals surface area contributed by atoms with Crippen molar-refractivity contribution in [3.8, 4) is 0 Å². The Morgan fingerprint density at radius 1 is 1.28 bits per heavy atom. The lowest BCUT2D eigenvalue weighted by molar-refractivity contribution is 0.187. The van der Waals surface area contributed by atoms with Gasteiger partial charge in [0, 0.05) is 0 Å². The van der Waals surface area contributed by atoms with Gasteiger partial charge in [0.25, 0.3) is 0 Å². The smallest absolute Gasteiger partial charge is 0.184 e. The highest BCUT2D eigenvalue weighted by Gasteiger charge is 2.29. The van der Waals surface area contributed by atoms with E-state index in [9.17, 15) is 0 Å². The standard InChI is InChI=1S/C12H18N6/c1-12(2)5-3-8(4-6-12)18-11-9(16-17-18)10(13)14-7-15-11/h7-8H,3-6H2,1-2H3,(H2,13,14,15). The van der Waals surface area contributed by atoms with Crippen LogP contribution in [-0.2, 0) is 0 Å². The van der Waals surface area contributed by atoms with E-state index in [4.69, 9.17) is 5.73 Å². The van der Waals surface area contributed by atoms with Gasteiger partial charge in [-0.25, -0.2) is 14.6 Å². The highest BCUT2D eigenvalue weighted by Crippen LogP contribution is 2.40. The number of nitrogen functional groups attached to an aromatic ring is 1. The second-order valence-corrected chi connectivity index (χ2v) is 5.86. The third kappa shape index (κ3) is 1.81. The topological polar surface area (TPSA) is 82.5 Å². The van der Waals surface area contributed by atoms with Gasteiger partial charge in [-0.05, 0) is 31.1 Å². The zero-order chi connectivity index (χ0) is 12.8. The fourth-order valence-corrected chi connectivity index (χ4v) is 2.66. The van der Waals surface area contributed by atoms with Gasteiger partial charge in [-0.2, -0.15) is 0 Å².